The number of nitrogens with zero attached hydrogens (tertiary/aromatic N) is 2. The number of fused-ring (bicyclic) bond motifs is 2. The molecule has 2 aliphatic carbocycles. The average molecular weight is 805 g/mol. The van der Waals surface area contributed by atoms with E-state index in [0.29, 0.717) is 0 Å². The summed E-state index contributed by atoms with van der Waals surface area (Å²) in [4.78, 5) is 4.10. The molecule has 50 heavy (non-hydrogen) atoms. The Morgan fingerprint density at radius 2 is 1.00 bits per heavy atom. The van der Waals surface area contributed by atoms with Crippen LogP contribution in [0.4, 0.5) is 0 Å². The summed E-state index contributed by atoms with van der Waals surface area (Å²) < 4.78 is 2.40. The van der Waals surface area contributed by atoms with Crippen LogP contribution >= 0.6 is 15.9 Å². The van der Waals surface area contributed by atoms with E-state index in [1.54, 1.807) is 11.1 Å². The van der Waals surface area contributed by atoms with Crippen molar-refractivity contribution in [3.63, 3.8) is 0 Å². The maximum Gasteiger partial charge on any atom is 0.172 e. The van der Waals surface area contributed by atoms with Crippen molar-refractivity contribution in [2.75, 3.05) is 5.33 Å². The number of unbranched alkanes of at least 4 members (excludes halogenated alkanes) is 4. The lowest BCUT2D eigenvalue weighted by atomic mass is 9.93. The fraction of sp³-hybridized carbons (Fsp3) is 0.522. The largest absolute Gasteiger partial charge is 1.00 e. The first kappa shape index (κ1) is 42.1. The molecule has 0 unspecified atom stereocenters. The monoisotopic (exact) mass is 802 g/mol. The first-order valence-corrected chi connectivity index (χ1v) is 20.9. The van der Waals surface area contributed by atoms with Gasteiger partial charge in [-0.1, -0.05) is 91.1 Å². The Morgan fingerprint density at radius 3 is 1.50 bits per heavy atom. The molecule has 2 nitrogen and oxygen atoms in total. The van der Waals surface area contributed by atoms with E-state index in [0.717, 1.165) is 11.9 Å². The van der Waals surface area contributed by atoms with Crippen LogP contribution < -0.4 is 21.5 Å². The van der Waals surface area contributed by atoms with E-state index in [4.69, 9.17) is 0 Å². The lowest BCUT2D eigenvalue weighted by Crippen LogP contribution is -3.00. The van der Waals surface area contributed by atoms with Crippen molar-refractivity contribution in [2.24, 2.45) is 0 Å². The van der Waals surface area contributed by atoms with Crippen LogP contribution in [0.15, 0.2) is 85.5 Å². The standard InChI is InChI=1S/C23H32N.C14H21Br.C9H11N.BrH/c1-2-3-8-20-12-14-21(15-13-20)9-6-7-17-24-18-16-22-10-4-5-11-23(22)19-24;1-2-3-6-13-8-10-14(11-9-13)7-4-5-12-15;1-2-4-9-7-10-6-5-8(9)3-1;/h12-16,18-19H,2-11,17H2,1H3;8-11H,2-7,12H2,1H3;5-7H,1-4H2;1H/q+1;;;/p-1. The molecule has 0 radical (unpaired) electrons. The highest BCUT2D eigenvalue weighted by molar-refractivity contribution is 9.09. The second-order valence-electron chi connectivity index (χ2n) is 14.2. The predicted octanol–water partition coefficient (Wildman–Crippen LogP) is 8.93. The topological polar surface area (TPSA) is 16.8 Å². The molecule has 0 bridgehead atoms. The van der Waals surface area contributed by atoms with Crippen molar-refractivity contribution < 1.29 is 21.5 Å². The zero-order valence-corrected chi connectivity index (χ0v) is 34.5. The van der Waals surface area contributed by atoms with Gasteiger partial charge in [0.05, 0.1) is 0 Å². The maximum atomic E-state index is 4.10. The van der Waals surface area contributed by atoms with Gasteiger partial charge in [-0.3, -0.25) is 4.98 Å². The van der Waals surface area contributed by atoms with Gasteiger partial charge in [-0.25, -0.2) is 4.57 Å². The van der Waals surface area contributed by atoms with Gasteiger partial charge in [0.25, 0.3) is 0 Å². The molecule has 0 N–H and O–H groups in total. The van der Waals surface area contributed by atoms with Crippen molar-refractivity contribution in [3.05, 3.63) is 130 Å². The van der Waals surface area contributed by atoms with E-state index in [9.17, 15) is 0 Å². The Kier molecular flexibility index (Phi) is 21.6. The van der Waals surface area contributed by atoms with Gasteiger partial charge >= 0.3 is 0 Å². The second kappa shape index (κ2) is 25.6. The van der Waals surface area contributed by atoms with Crippen molar-refractivity contribution in [3.8, 4) is 0 Å². The highest BCUT2D eigenvalue weighted by Gasteiger charge is 2.13. The SMILES string of the molecule is CCCCc1ccc(CCCCBr)cc1.CCCCc1ccc(CCCC[n+]2ccc3c(c2)CCCC3)cc1.[Br-].c1cc2c(cn1)CCCC2. The molecule has 0 saturated heterocycles. The molecule has 272 valence electrons. The van der Waals surface area contributed by atoms with Crippen LogP contribution in [0.3, 0.4) is 0 Å². The van der Waals surface area contributed by atoms with Crippen LogP contribution in [0, 0.1) is 0 Å². The molecule has 4 heteroatoms. The van der Waals surface area contributed by atoms with Gasteiger partial charge in [0.1, 0.15) is 6.54 Å². The number of rotatable bonds is 15. The lowest BCUT2D eigenvalue weighted by Gasteiger charge is -2.13. The maximum absolute atomic E-state index is 4.10. The van der Waals surface area contributed by atoms with Crippen LogP contribution in [0.25, 0.3) is 0 Å². The Hall–Kier alpha value is -2.30. The number of pyridine rings is 2. The second-order valence-corrected chi connectivity index (χ2v) is 15.0. The van der Waals surface area contributed by atoms with Gasteiger partial charge in [0.15, 0.2) is 12.4 Å². The predicted molar refractivity (Wildman–Crippen MR) is 214 cm³/mol. The molecule has 0 spiro atoms. The van der Waals surface area contributed by atoms with Crippen molar-refractivity contribution in [2.45, 2.75) is 149 Å². The van der Waals surface area contributed by atoms with Crippen molar-refractivity contribution >= 4 is 15.9 Å². The molecular formula is C46H64Br2N2. The van der Waals surface area contributed by atoms with Gasteiger partial charge in [0, 0.05) is 35.8 Å². The number of benzene rings is 2. The zero-order chi connectivity index (χ0) is 34.4. The van der Waals surface area contributed by atoms with Crippen molar-refractivity contribution in [1.29, 1.82) is 0 Å². The molecule has 0 saturated carbocycles. The Morgan fingerprint density at radius 1 is 0.540 bits per heavy atom. The van der Waals surface area contributed by atoms with E-state index in [2.05, 4.69) is 112 Å². The van der Waals surface area contributed by atoms with E-state index < -0.39 is 0 Å². The summed E-state index contributed by atoms with van der Waals surface area (Å²) in [6, 6.07) is 23.0. The van der Waals surface area contributed by atoms with E-state index in [1.807, 2.05) is 12.4 Å². The normalized spacial score (nSPS) is 13.0. The van der Waals surface area contributed by atoms with Gasteiger partial charge in [-0.15, -0.1) is 0 Å². The van der Waals surface area contributed by atoms with Gasteiger partial charge < -0.3 is 17.0 Å². The van der Waals surface area contributed by atoms with Gasteiger partial charge in [0.2, 0.25) is 0 Å². The number of aromatic nitrogens is 2. The Labute approximate surface area is 324 Å². The van der Waals surface area contributed by atoms with Crippen LogP contribution in [0.1, 0.15) is 135 Å². The highest BCUT2D eigenvalue weighted by atomic mass is 79.9. The highest BCUT2D eigenvalue weighted by Crippen LogP contribution is 2.20. The molecule has 0 aliphatic heterocycles. The molecule has 0 fully saturated rings. The molecular weight excluding hydrogens is 740 g/mol. The molecule has 6 rings (SSSR count). The third-order valence-electron chi connectivity index (χ3n) is 10.2. The van der Waals surface area contributed by atoms with E-state index >= 15 is 0 Å². The summed E-state index contributed by atoms with van der Waals surface area (Å²) >= 11 is 3.46. The summed E-state index contributed by atoms with van der Waals surface area (Å²) in [7, 11) is 0. The Bertz CT molecular complexity index is 1420. The van der Waals surface area contributed by atoms with E-state index in [1.165, 1.54) is 162 Å². The minimum absolute atomic E-state index is 0. The van der Waals surface area contributed by atoms with Crippen molar-refractivity contribution in [1.82, 2.24) is 4.98 Å². The number of hydrogen-bond donors (Lipinski definition) is 0. The number of halogens is 2. The molecule has 2 heterocycles. The fourth-order valence-electron chi connectivity index (χ4n) is 6.97. The molecule has 2 aliphatic rings. The minimum Gasteiger partial charge on any atom is -1.00 e. The zero-order valence-electron chi connectivity index (χ0n) is 31.3. The molecule has 0 atom stereocenters. The third-order valence-corrected chi connectivity index (χ3v) is 10.7. The minimum atomic E-state index is 0. The summed E-state index contributed by atoms with van der Waals surface area (Å²) in [6.45, 7) is 5.66. The number of hydrogen-bond acceptors (Lipinski definition) is 1. The quantitative estimate of drug-likeness (QED) is 0.0667. The summed E-state index contributed by atoms with van der Waals surface area (Å²) in [5, 5.41) is 1.13. The summed E-state index contributed by atoms with van der Waals surface area (Å²) in [6.07, 6.45) is 34.3. The smallest absolute Gasteiger partial charge is 0.172 e. The fourth-order valence-corrected chi connectivity index (χ4v) is 7.36. The number of aryl methyl sites for hydroxylation is 9. The molecule has 2 aromatic carbocycles. The van der Waals surface area contributed by atoms with Gasteiger partial charge in [-0.2, -0.15) is 0 Å². The molecule has 0 amide bonds. The molecule has 2 aromatic heterocycles. The van der Waals surface area contributed by atoms with Crippen LogP contribution in [-0.2, 0) is 57.9 Å². The first-order chi connectivity index (χ1) is 24.2. The number of alkyl halides is 1. The van der Waals surface area contributed by atoms with Crippen LogP contribution in [-0.4, -0.2) is 10.3 Å². The summed E-state index contributed by atoms with van der Waals surface area (Å²) in [5.74, 6) is 0. The van der Waals surface area contributed by atoms with Crippen LogP contribution in [0.2, 0.25) is 0 Å². The van der Waals surface area contributed by atoms with Gasteiger partial charge in [-0.05, 0) is 154 Å². The van der Waals surface area contributed by atoms with E-state index in [-0.39, 0.29) is 17.0 Å². The summed E-state index contributed by atoms with van der Waals surface area (Å²) in [5.41, 5.74) is 12.1. The average Bonchev–Trinajstić information content (AvgIpc) is 3.16. The first-order valence-electron chi connectivity index (χ1n) is 19.8. The lowest BCUT2D eigenvalue weighted by molar-refractivity contribution is -0.697. The molecule has 4 aromatic rings. The van der Waals surface area contributed by atoms with Crippen LogP contribution in [0.5, 0.6) is 0 Å². The Balaban J connectivity index is 0.000000221. The third kappa shape index (κ3) is 15.9.